The van der Waals surface area contributed by atoms with Crippen LogP contribution in [0, 0.1) is 6.92 Å². The number of benzene rings is 3. The summed E-state index contributed by atoms with van der Waals surface area (Å²) < 4.78 is 12.4. The number of nitrogens with zero attached hydrogens (tertiary/aromatic N) is 1. The van der Waals surface area contributed by atoms with E-state index >= 15 is 0 Å². The zero-order valence-electron chi connectivity index (χ0n) is 19.8. The van der Waals surface area contributed by atoms with E-state index < -0.39 is 0 Å². The van der Waals surface area contributed by atoms with E-state index in [2.05, 4.69) is 84.6 Å². The molecule has 0 bridgehead atoms. The lowest BCUT2D eigenvalue weighted by molar-refractivity contribution is 0.239. The Morgan fingerprint density at radius 1 is 0.941 bits per heavy atom. The van der Waals surface area contributed by atoms with Crippen molar-refractivity contribution in [2.24, 2.45) is 0 Å². The van der Waals surface area contributed by atoms with E-state index in [9.17, 15) is 4.39 Å². The number of rotatable bonds is 6. The Hall–Kier alpha value is -2.68. The molecule has 3 aromatic carbocycles. The number of allylic oxidation sites excluding steroid dienone is 1. The lowest BCUT2D eigenvalue weighted by atomic mass is 9.87. The molecule has 3 aromatic rings. The molecule has 1 aliphatic heterocycles. The largest absolute Gasteiger partial charge is 0.295 e. The molecule has 0 atom stereocenters. The summed E-state index contributed by atoms with van der Waals surface area (Å²) in [5.74, 6) is 0. The van der Waals surface area contributed by atoms with Crippen molar-refractivity contribution in [3.05, 3.63) is 111 Å². The molecule has 0 saturated carbocycles. The highest BCUT2D eigenvalue weighted by atomic mass is 35.5. The number of hydrogen-bond acceptors (Lipinski definition) is 1. The van der Waals surface area contributed by atoms with E-state index in [1.807, 2.05) is 0 Å². The second kappa shape index (κ2) is 10.3. The Morgan fingerprint density at radius 3 is 2.50 bits per heavy atom. The summed E-state index contributed by atoms with van der Waals surface area (Å²) in [5, 5.41) is 0.829. The van der Waals surface area contributed by atoms with Crippen molar-refractivity contribution in [2.45, 2.75) is 32.6 Å². The molecule has 0 amide bonds. The maximum absolute atomic E-state index is 12.4. The third-order valence-corrected chi connectivity index (χ3v) is 7.26. The van der Waals surface area contributed by atoms with Crippen LogP contribution < -0.4 is 0 Å². The van der Waals surface area contributed by atoms with Gasteiger partial charge in [0.25, 0.3) is 0 Å². The molecular weight excluding hydrogens is 441 g/mol. The maximum atomic E-state index is 12.4. The van der Waals surface area contributed by atoms with Crippen molar-refractivity contribution < 1.29 is 4.39 Å². The summed E-state index contributed by atoms with van der Waals surface area (Å²) in [6.45, 7) is 4.62. The first-order chi connectivity index (χ1) is 16.6. The van der Waals surface area contributed by atoms with Crippen LogP contribution in [-0.2, 0) is 6.42 Å². The summed E-state index contributed by atoms with van der Waals surface area (Å²) in [4.78, 5) is 2.30. The van der Waals surface area contributed by atoms with E-state index in [0.29, 0.717) is 6.42 Å². The van der Waals surface area contributed by atoms with Gasteiger partial charge in [-0.25, -0.2) is 0 Å². The van der Waals surface area contributed by atoms with Crippen LogP contribution >= 0.6 is 11.6 Å². The fourth-order valence-corrected chi connectivity index (χ4v) is 5.58. The van der Waals surface area contributed by atoms with Gasteiger partial charge in [0.15, 0.2) is 0 Å². The van der Waals surface area contributed by atoms with E-state index in [1.54, 1.807) is 0 Å². The number of likely N-dealkylation sites (tertiary alicyclic amines) is 1. The number of halogens is 2. The van der Waals surface area contributed by atoms with Crippen LogP contribution in [0.3, 0.4) is 0 Å². The first-order valence-electron chi connectivity index (χ1n) is 12.3. The minimum absolute atomic E-state index is 0.230. The normalized spacial score (nSPS) is 16.1. The van der Waals surface area contributed by atoms with E-state index in [1.165, 1.54) is 44.5 Å². The number of hydrogen-bond donors (Lipinski definition) is 0. The van der Waals surface area contributed by atoms with Crippen LogP contribution in [-0.4, -0.2) is 31.2 Å². The van der Waals surface area contributed by atoms with Gasteiger partial charge in [-0.05, 0) is 88.8 Å². The molecule has 1 nitrogen and oxygen atoms in total. The molecule has 0 spiro atoms. The second-order valence-electron chi connectivity index (χ2n) is 9.53. The van der Waals surface area contributed by atoms with Gasteiger partial charge >= 0.3 is 0 Å². The van der Waals surface area contributed by atoms with Crippen LogP contribution in [0.15, 0.2) is 72.3 Å². The monoisotopic (exact) mass is 471 g/mol. The molecule has 1 aliphatic carbocycles. The van der Waals surface area contributed by atoms with Crippen LogP contribution in [0.1, 0.15) is 52.6 Å². The number of aryl methyl sites for hydroxylation is 2. The summed E-state index contributed by atoms with van der Waals surface area (Å²) in [6, 6.07) is 24.2. The van der Waals surface area contributed by atoms with Gasteiger partial charge in [0.05, 0.1) is 6.67 Å². The first-order valence-corrected chi connectivity index (χ1v) is 12.7. The van der Waals surface area contributed by atoms with E-state index in [4.69, 9.17) is 11.6 Å². The molecule has 5 rings (SSSR count). The smallest absolute Gasteiger partial charge is 0.0906 e. The highest BCUT2D eigenvalue weighted by molar-refractivity contribution is 6.32. The van der Waals surface area contributed by atoms with E-state index in [0.717, 1.165) is 49.5 Å². The van der Waals surface area contributed by atoms with Gasteiger partial charge in [-0.15, -0.1) is 0 Å². The molecule has 174 valence electrons. The minimum atomic E-state index is -0.230. The van der Waals surface area contributed by atoms with Crippen molar-refractivity contribution in [2.75, 3.05) is 26.3 Å². The molecule has 34 heavy (non-hydrogen) atoms. The lowest BCUT2D eigenvalue weighted by Gasteiger charge is -2.33. The van der Waals surface area contributed by atoms with Crippen LogP contribution in [0.25, 0.3) is 17.2 Å². The van der Waals surface area contributed by atoms with Crippen LogP contribution in [0.5, 0.6) is 0 Å². The SMILES string of the molecule is Cc1ccc(C2=C(c3ccc(C=C4CN(CCCF)C4)cc3)c3ccccc3CCC2)c(Cl)c1. The topological polar surface area (TPSA) is 3.24 Å². The predicted octanol–water partition coefficient (Wildman–Crippen LogP) is 8.00. The zero-order chi connectivity index (χ0) is 23.5. The van der Waals surface area contributed by atoms with Gasteiger partial charge in [-0.3, -0.25) is 9.29 Å². The van der Waals surface area contributed by atoms with Gasteiger partial charge in [-0.1, -0.05) is 78.3 Å². The van der Waals surface area contributed by atoms with Gasteiger partial charge < -0.3 is 0 Å². The average Bonchev–Trinajstić information content (AvgIpc) is 3.00. The number of fused-ring (bicyclic) bond motifs is 1. The van der Waals surface area contributed by atoms with E-state index in [-0.39, 0.29) is 6.67 Å². The van der Waals surface area contributed by atoms with Crippen molar-refractivity contribution >= 4 is 28.8 Å². The molecule has 0 unspecified atom stereocenters. The summed E-state index contributed by atoms with van der Waals surface area (Å²) in [6.07, 6.45) is 6.11. The number of alkyl halides is 1. The first kappa shape index (κ1) is 23.1. The summed E-state index contributed by atoms with van der Waals surface area (Å²) in [7, 11) is 0. The molecule has 2 aliphatic rings. The Labute approximate surface area is 207 Å². The van der Waals surface area contributed by atoms with Crippen molar-refractivity contribution in [1.29, 1.82) is 0 Å². The zero-order valence-corrected chi connectivity index (χ0v) is 20.5. The molecule has 0 radical (unpaired) electrons. The molecular formula is C31H31ClFN. The Morgan fingerprint density at radius 2 is 1.74 bits per heavy atom. The molecule has 1 saturated heterocycles. The predicted molar refractivity (Wildman–Crippen MR) is 143 cm³/mol. The van der Waals surface area contributed by atoms with Gasteiger partial charge in [-0.2, -0.15) is 0 Å². The van der Waals surface area contributed by atoms with Crippen molar-refractivity contribution in [3.63, 3.8) is 0 Å². The highest BCUT2D eigenvalue weighted by Crippen LogP contribution is 2.41. The molecule has 1 heterocycles. The van der Waals surface area contributed by atoms with Crippen molar-refractivity contribution in [3.8, 4) is 0 Å². The molecule has 3 heteroatoms. The Balaban J connectivity index is 1.52. The lowest BCUT2D eigenvalue weighted by Crippen LogP contribution is -2.40. The Bertz CT molecular complexity index is 1230. The maximum Gasteiger partial charge on any atom is 0.0906 e. The van der Waals surface area contributed by atoms with Crippen LogP contribution in [0.4, 0.5) is 4.39 Å². The fourth-order valence-electron chi connectivity index (χ4n) is 5.23. The standard InChI is InChI=1S/C31H31ClFN/c1-22-10-15-28(30(32)18-22)29-9-4-7-25-6-2-3-8-27(25)31(29)26-13-11-23(12-14-26)19-24-20-34(21-24)17-5-16-33/h2-3,6,8,10-15,18-19H,4-5,7,9,16-17,20-21H2,1H3. The Kier molecular flexibility index (Phi) is 6.99. The van der Waals surface area contributed by atoms with Gasteiger partial charge in [0.2, 0.25) is 0 Å². The van der Waals surface area contributed by atoms with Crippen molar-refractivity contribution in [1.82, 2.24) is 4.90 Å². The van der Waals surface area contributed by atoms with Gasteiger partial charge in [0.1, 0.15) is 0 Å². The summed E-state index contributed by atoms with van der Waals surface area (Å²) in [5.41, 5.74) is 11.6. The fraction of sp³-hybridized carbons (Fsp3) is 0.290. The third-order valence-electron chi connectivity index (χ3n) is 6.94. The molecule has 1 fully saturated rings. The van der Waals surface area contributed by atoms with Crippen LogP contribution in [0.2, 0.25) is 5.02 Å². The third kappa shape index (κ3) is 4.89. The minimum Gasteiger partial charge on any atom is -0.295 e. The molecule has 0 aromatic heterocycles. The highest BCUT2D eigenvalue weighted by Gasteiger charge is 2.22. The molecule has 0 N–H and O–H groups in total. The summed E-state index contributed by atoms with van der Waals surface area (Å²) >= 11 is 6.78. The van der Waals surface area contributed by atoms with Gasteiger partial charge in [0, 0.05) is 24.7 Å². The average molecular weight is 472 g/mol. The second-order valence-corrected chi connectivity index (χ2v) is 9.93. The quantitative estimate of drug-likeness (QED) is 0.352.